The van der Waals surface area contributed by atoms with E-state index in [4.69, 9.17) is 9.47 Å². The number of carbonyl (C=O) groups is 1. The molecule has 0 bridgehead atoms. The average molecular weight is 272 g/mol. The van der Waals surface area contributed by atoms with E-state index in [0.717, 1.165) is 32.3 Å². The average Bonchev–Trinajstić information content (AvgIpc) is 2.34. The highest BCUT2D eigenvalue weighted by Crippen LogP contribution is 2.06. The summed E-state index contributed by atoms with van der Waals surface area (Å²) in [6.07, 6.45) is 4.31. The molecule has 0 aromatic rings. The second-order valence-electron chi connectivity index (χ2n) is 5.98. The van der Waals surface area contributed by atoms with Crippen molar-refractivity contribution < 1.29 is 14.3 Å². The first-order chi connectivity index (χ1) is 9.02. The van der Waals surface area contributed by atoms with Crippen LogP contribution in [0.25, 0.3) is 0 Å². The van der Waals surface area contributed by atoms with Gasteiger partial charge in [-0.2, -0.15) is 0 Å². The smallest absolute Gasteiger partial charge is 0.133 e. The molecule has 0 aromatic carbocycles. The Kier molecular flexibility index (Phi) is 12.3. The first-order valence-electron chi connectivity index (χ1n) is 7.69. The van der Waals surface area contributed by atoms with Crippen LogP contribution in [-0.4, -0.2) is 32.2 Å². The lowest BCUT2D eigenvalue weighted by molar-refractivity contribution is -0.119. The van der Waals surface area contributed by atoms with Crippen molar-refractivity contribution in [2.24, 2.45) is 11.8 Å². The Balaban J connectivity index is 3.16. The van der Waals surface area contributed by atoms with Crippen LogP contribution in [0.1, 0.15) is 59.8 Å². The summed E-state index contributed by atoms with van der Waals surface area (Å²) < 4.78 is 10.9. The summed E-state index contributed by atoms with van der Waals surface area (Å²) in [6, 6.07) is 0. The predicted molar refractivity (Wildman–Crippen MR) is 79.4 cm³/mol. The van der Waals surface area contributed by atoms with E-state index in [1.165, 1.54) is 0 Å². The molecule has 3 nitrogen and oxygen atoms in total. The van der Waals surface area contributed by atoms with E-state index in [1.54, 1.807) is 0 Å². The van der Waals surface area contributed by atoms with Gasteiger partial charge in [0.25, 0.3) is 0 Å². The molecule has 0 spiro atoms. The van der Waals surface area contributed by atoms with E-state index in [-0.39, 0.29) is 0 Å². The Hall–Kier alpha value is -0.410. The van der Waals surface area contributed by atoms with Crippen molar-refractivity contribution in [3.63, 3.8) is 0 Å². The second-order valence-corrected chi connectivity index (χ2v) is 5.98. The Labute approximate surface area is 119 Å². The third-order valence-electron chi connectivity index (χ3n) is 2.96. The molecular formula is C16H32O3. The van der Waals surface area contributed by atoms with Crippen LogP contribution < -0.4 is 0 Å². The van der Waals surface area contributed by atoms with Gasteiger partial charge in [-0.25, -0.2) is 0 Å². The molecule has 0 N–H and O–H groups in total. The van der Waals surface area contributed by atoms with Crippen LogP contribution in [0, 0.1) is 11.8 Å². The van der Waals surface area contributed by atoms with E-state index < -0.39 is 0 Å². The molecule has 0 unspecified atom stereocenters. The molecule has 0 amide bonds. The molecule has 3 heteroatoms. The van der Waals surface area contributed by atoms with Gasteiger partial charge in [-0.05, 0) is 31.1 Å². The summed E-state index contributed by atoms with van der Waals surface area (Å²) in [4.78, 5) is 11.5. The van der Waals surface area contributed by atoms with Crippen LogP contribution in [0.15, 0.2) is 0 Å². The lowest BCUT2D eigenvalue weighted by atomic mass is 10.0. The molecule has 114 valence electrons. The minimum Gasteiger partial charge on any atom is -0.379 e. The lowest BCUT2D eigenvalue weighted by Gasteiger charge is -2.07. The van der Waals surface area contributed by atoms with Gasteiger partial charge >= 0.3 is 0 Å². The third-order valence-corrected chi connectivity index (χ3v) is 2.96. The molecule has 0 aromatic heterocycles. The summed E-state index contributed by atoms with van der Waals surface area (Å²) in [6.45, 7) is 11.5. The molecule has 0 radical (unpaired) electrons. The zero-order chi connectivity index (χ0) is 14.5. The van der Waals surface area contributed by atoms with Gasteiger partial charge in [0.05, 0.1) is 13.2 Å². The number of Topliss-reactive ketones (excluding diaryl/α,β-unsaturated/α-hetero) is 1. The topological polar surface area (TPSA) is 35.5 Å². The third kappa shape index (κ3) is 15.5. The van der Waals surface area contributed by atoms with Crippen LogP contribution in [0.3, 0.4) is 0 Å². The summed E-state index contributed by atoms with van der Waals surface area (Å²) in [5.74, 6) is 1.67. The van der Waals surface area contributed by atoms with Gasteiger partial charge in [-0.15, -0.1) is 0 Å². The number of hydrogen-bond acceptors (Lipinski definition) is 3. The van der Waals surface area contributed by atoms with Crippen molar-refractivity contribution in [3.8, 4) is 0 Å². The molecule has 19 heavy (non-hydrogen) atoms. The first-order valence-corrected chi connectivity index (χ1v) is 7.69. The van der Waals surface area contributed by atoms with Crippen molar-refractivity contribution in [2.75, 3.05) is 26.4 Å². The number of ketones is 1. The van der Waals surface area contributed by atoms with Gasteiger partial charge in [-0.1, -0.05) is 27.7 Å². The quantitative estimate of drug-likeness (QED) is 0.478. The van der Waals surface area contributed by atoms with Gasteiger partial charge in [-0.3, -0.25) is 4.79 Å². The number of hydrogen-bond donors (Lipinski definition) is 0. The second kappa shape index (κ2) is 12.6. The van der Waals surface area contributed by atoms with E-state index in [9.17, 15) is 4.79 Å². The van der Waals surface area contributed by atoms with E-state index in [0.29, 0.717) is 43.9 Å². The molecule has 0 heterocycles. The van der Waals surface area contributed by atoms with Gasteiger partial charge in [0.15, 0.2) is 0 Å². The first kappa shape index (κ1) is 18.6. The van der Waals surface area contributed by atoms with Gasteiger partial charge in [0, 0.05) is 26.1 Å². The Morgan fingerprint density at radius 3 is 1.95 bits per heavy atom. The summed E-state index contributed by atoms with van der Waals surface area (Å²) in [5, 5.41) is 0. The van der Waals surface area contributed by atoms with Crippen LogP contribution in [0.4, 0.5) is 0 Å². The molecule has 0 fully saturated rings. The van der Waals surface area contributed by atoms with E-state index in [2.05, 4.69) is 27.7 Å². The van der Waals surface area contributed by atoms with Gasteiger partial charge < -0.3 is 9.47 Å². The fourth-order valence-corrected chi connectivity index (χ4v) is 1.59. The van der Waals surface area contributed by atoms with Crippen molar-refractivity contribution in [2.45, 2.75) is 59.8 Å². The minimum absolute atomic E-state index is 0.366. The summed E-state index contributed by atoms with van der Waals surface area (Å²) in [7, 11) is 0. The maximum Gasteiger partial charge on any atom is 0.133 e. The van der Waals surface area contributed by atoms with Crippen molar-refractivity contribution in [1.29, 1.82) is 0 Å². The van der Waals surface area contributed by atoms with E-state index >= 15 is 0 Å². The molecular weight excluding hydrogens is 240 g/mol. The molecule has 0 saturated carbocycles. The molecule has 0 rings (SSSR count). The van der Waals surface area contributed by atoms with E-state index in [1.807, 2.05) is 0 Å². The monoisotopic (exact) mass is 272 g/mol. The standard InChI is InChI=1S/C16H32O3/c1-14(2)7-8-16(17)6-5-10-18-12-13-19-11-9-15(3)4/h14-15H,5-13H2,1-4H3. The van der Waals surface area contributed by atoms with Gasteiger partial charge in [0.1, 0.15) is 5.78 Å². The van der Waals surface area contributed by atoms with Crippen LogP contribution >= 0.6 is 0 Å². The number of ether oxygens (including phenoxy) is 2. The molecule has 0 aliphatic rings. The Morgan fingerprint density at radius 1 is 0.789 bits per heavy atom. The maximum absolute atomic E-state index is 11.5. The molecule has 0 atom stereocenters. The highest BCUT2D eigenvalue weighted by atomic mass is 16.5. The molecule has 0 saturated heterocycles. The zero-order valence-electron chi connectivity index (χ0n) is 13.2. The normalized spacial score (nSPS) is 11.5. The lowest BCUT2D eigenvalue weighted by Crippen LogP contribution is -2.08. The number of rotatable bonds is 13. The fraction of sp³-hybridized carbons (Fsp3) is 0.938. The van der Waals surface area contributed by atoms with Crippen LogP contribution in [0.5, 0.6) is 0 Å². The van der Waals surface area contributed by atoms with Gasteiger partial charge in [0.2, 0.25) is 0 Å². The van der Waals surface area contributed by atoms with Crippen molar-refractivity contribution >= 4 is 5.78 Å². The predicted octanol–water partition coefficient (Wildman–Crippen LogP) is 3.85. The largest absolute Gasteiger partial charge is 0.379 e. The fourth-order valence-electron chi connectivity index (χ4n) is 1.59. The maximum atomic E-state index is 11.5. The molecule has 0 aliphatic carbocycles. The Bertz CT molecular complexity index is 212. The van der Waals surface area contributed by atoms with Crippen molar-refractivity contribution in [1.82, 2.24) is 0 Å². The van der Waals surface area contributed by atoms with Crippen molar-refractivity contribution in [3.05, 3.63) is 0 Å². The van der Waals surface area contributed by atoms with Crippen LogP contribution in [0.2, 0.25) is 0 Å². The Morgan fingerprint density at radius 2 is 1.37 bits per heavy atom. The summed E-state index contributed by atoms with van der Waals surface area (Å²) in [5.41, 5.74) is 0. The highest BCUT2D eigenvalue weighted by molar-refractivity contribution is 5.78. The SMILES string of the molecule is CC(C)CCOCCOCCCC(=O)CCC(C)C. The molecule has 0 aliphatic heterocycles. The minimum atomic E-state index is 0.366. The highest BCUT2D eigenvalue weighted by Gasteiger charge is 2.03. The van der Waals surface area contributed by atoms with Crippen LogP contribution in [-0.2, 0) is 14.3 Å². The summed E-state index contributed by atoms with van der Waals surface area (Å²) >= 11 is 0. The number of carbonyl (C=O) groups excluding carboxylic acids is 1. The zero-order valence-corrected chi connectivity index (χ0v) is 13.2.